The number of nitrogens with two attached hydrogens (primary N) is 5. The molecular weight excluding hydrogens is 702 g/mol. The van der Waals surface area contributed by atoms with Crippen LogP contribution in [-0.4, -0.2) is 214 Å². The first-order valence-corrected chi connectivity index (χ1v) is 17.3. The molecule has 52 heavy (non-hydrogen) atoms. The van der Waals surface area contributed by atoms with Crippen LogP contribution in [0.1, 0.15) is 12.8 Å². The Kier molecular flexibility index (Phi) is 16.2. The lowest BCUT2D eigenvalue weighted by atomic mass is 9.83. The third kappa shape index (κ3) is 9.89. The molecule has 4 rings (SSSR count). The van der Waals surface area contributed by atoms with Gasteiger partial charge in [-0.15, -0.1) is 0 Å². The Bertz CT molecular complexity index is 1110. The van der Waals surface area contributed by atoms with Crippen LogP contribution in [0, 0.1) is 0 Å². The number of nitrogens with one attached hydrogen (secondary N) is 2. The zero-order valence-corrected chi connectivity index (χ0v) is 28.5. The van der Waals surface area contributed by atoms with Crippen LogP contribution in [0.25, 0.3) is 0 Å². The molecule has 1 amide bonds. The number of carbonyl (C=O) groups excluding carboxylic acids is 1. The Hall–Kier alpha value is -1.37. The molecule has 0 aromatic carbocycles. The van der Waals surface area contributed by atoms with Gasteiger partial charge in [-0.2, -0.15) is 0 Å². The second kappa shape index (κ2) is 19.5. The molecule has 21 N–H and O–H groups in total. The number of amides is 1. The van der Waals surface area contributed by atoms with Gasteiger partial charge in [-0.1, -0.05) is 0 Å². The summed E-state index contributed by atoms with van der Waals surface area (Å²) >= 11 is 0. The van der Waals surface area contributed by atoms with Gasteiger partial charge in [-0.3, -0.25) is 4.79 Å². The zero-order chi connectivity index (χ0) is 38.4. The Morgan fingerprint density at radius 3 is 2.02 bits per heavy atom. The maximum Gasteiger partial charge on any atom is 0.251 e. The Morgan fingerprint density at radius 1 is 0.750 bits per heavy atom. The van der Waals surface area contributed by atoms with E-state index >= 15 is 0 Å². The molecule has 1 aliphatic carbocycles. The summed E-state index contributed by atoms with van der Waals surface area (Å²) in [6.45, 7) is -1.18. The Morgan fingerprint density at radius 2 is 1.38 bits per heavy atom. The maximum absolute atomic E-state index is 12.8. The van der Waals surface area contributed by atoms with E-state index in [-0.39, 0.29) is 39.1 Å². The molecule has 3 saturated heterocycles. The predicted molar refractivity (Wildman–Crippen MR) is 173 cm³/mol. The molecule has 0 aromatic rings. The smallest absolute Gasteiger partial charge is 0.251 e. The number of aliphatic hydroxyl groups excluding tert-OH is 9. The maximum atomic E-state index is 12.8. The van der Waals surface area contributed by atoms with E-state index in [4.69, 9.17) is 62.2 Å². The number of hydrogen-bond acceptors (Lipinski definition) is 22. The number of rotatable bonds is 16. The highest BCUT2D eigenvalue weighted by Crippen LogP contribution is 2.34. The van der Waals surface area contributed by atoms with Gasteiger partial charge in [0, 0.05) is 32.2 Å². The Balaban J connectivity index is 1.56. The molecule has 3 heterocycles. The van der Waals surface area contributed by atoms with Crippen molar-refractivity contribution in [1.29, 1.82) is 0 Å². The monoisotopic (exact) mass is 759 g/mol. The lowest BCUT2D eigenvalue weighted by Crippen LogP contribution is -2.67. The van der Waals surface area contributed by atoms with Gasteiger partial charge in [-0.05, 0) is 12.8 Å². The van der Waals surface area contributed by atoms with Crippen molar-refractivity contribution in [2.75, 3.05) is 39.4 Å². The fourth-order valence-corrected chi connectivity index (χ4v) is 6.70. The first-order chi connectivity index (χ1) is 24.7. The van der Waals surface area contributed by atoms with E-state index in [1.807, 2.05) is 0 Å². The molecule has 4 fully saturated rings. The van der Waals surface area contributed by atoms with E-state index in [9.17, 15) is 45.6 Å². The average molecular weight is 760 g/mol. The molecule has 0 aromatic heterocycles. The molecule has 20 atom stereocenters. The number of ether oxygens (including phenoxy) is 6. The summed E-state index contributed by atoms with van der Waals surface area (Å²) in [5, 5.41) is 98.8. The van der Waals surface area contributed by atoms with Gasteiger partial charge in [-0.25, -0.2) is 0 Å². The van der Waals surface area contributed by atoms with Crippen molar-refractivity contribution in [3.63, 3.8) is 0 Å². The molecule has 1 saturated carbocycles. The SMILES string of the molecule is NCC(O)C(O)C(=O)NC1CC(N)C(OC2OC(CNCCO)C(O)CC2N)C(OC2OC(CO)C(OC3OC(CN)C(O)C(O)C3N)C2O)C1O. The molecule has 4 aliphatic rings. The molecule has 0 radical (unpaired) electrons. The van der Waals surface area contributed by atoms with Gasteiger partial charge in [0.15, 0.2) is 25.0 Å². The first kappa shape index (κ1) is 43.4. The highest BCUT2D eigenvalue weighted by Gasteiger charge is 2.54. The molecule has 23 nitrogen and oxygen atoms in total. The van der Waals surface area contributed by atoms with Crippen molar-refractivity contribution in [2.45, 2.75) is 135 Å². The minimum Gasteiger partial charge on any atom is -0.395 e. The van der Waals surface area contributed by atoms with Crippen molar-refractivity contribution in [3.05, 3.63) is 0 Å². The van der Waals surface area contributed by atoms with Crippen LogP contribution in [0.2, 0.25) is 0 Å². The van der Waals surface area contributed by atoms with Crippen LogP contribution in [-0.2, 0) is 33.2 Å². The zero-order valence-electron chi connectivity index (χ0n) is 28.5. The number of carbonyl (C=O) groups is 1. The minimum atomic E-state index is -1.95. The Labute approximate surface area is 299 Å². The van der Waals surface area contributed by atoms with Crippen LogP contribution in [0.15, 0.2) is 0 Å². The van der Waals surface area contributed by atoms with Crippen LogP contribution < -0.4 is 39.3 Å². The second-order valence-electron chi connectivity index (χ2n) is 13.5. The topological polar surface area (TPSA) is 409 Å². The lowest BCUT2D eigenvalue weighted by Gasteiger charge is -2.47. The summed E-state index contributed by atoms with van der Waals surface area (Å²) in [7, 11) is 0. The molecule has 0 bridgehead atoms. The van der Waals surface area contributed by atoms with Crippen molar-refractivity contribution >= 4 is 5.91 Å². The molecule has 23 heteroatoms. The summed E-state index contributed by atoms with van der Waals surface area (Å²) in [6.07, 6.45) is -22.8. The highest BCUT2D eigenvalue weighted by molar-refractivity contribution is 5.81. The van der Waals surface area contributed by atoms with E-state index in [0.29, 0.717) is 0 Å². The summed E-state index contributed by atoms with van der Waals surface area (Å²) in [4.78, 5) is 12.8. The van der Waals surface area contributed by atoms with Gasteiger partial charge >= 0.3 is 0 Å². The molecule has 3 aliphatic heterocycles. The van der Waals surface area contributed by atoms with Gasteiger partial charge in [0.2, 0.25) is 0 Å². The van der Waals surface area contributed by atoms with Crippen molar-refractivity contribution in [3.8, 4) is 0 Å². The van der Waals surface area contributed by atoms with Crippen LogP contribution in [0.5, 0.6) is 0 Å². The number of hydrogen-bond donors (Lipinski definition) is 16. The fourth-order valence-electron chi connectivity index (χ4n) is 6.70. The lowest BCUT2D eigenvalue weighted by molar-refractivity contribution is -0.296. The summed E-state index contributed by atoms with van der Waals surface area (Å²) in [5.74, 6) is -1.07. The van der Waals surface area contributed by atoms with Crippen LogP contribution in [0.4, 0.5) is 0 Å². The molecule has 20 unspecified atom stereocenters. The normalized spacial score (nSPS) is 45.4. The third-order valence-electron chi connectivity index (χ3n) is 9.78. The molecular formula is C29H57N7O16. The van der Waals surface area contributed by atoms with Crippen LogP contribution >= 0.6 is 0 Å². The predicted octanol–water partition coefficient (Wildman–Crippen LogP) is -10.4. The van der Waals surface area contributed by atoms with Gasteiger partial charge in [0.25, 0.3) is 5.91 Å². The average Bonchev–Trinajstić information content (AvgIpc) is 3.42. The van der Waals surface area contributed by atoms with Crippen molar-refractivity contribution < 1.29 is 79.2 Å². The van der Waals surface area contributed by atoms with Gasteiger partial charge in [0.05, 0.1) is 43.5 Å². The van der Waals surface area contributed by atoms with Crippen molar-refractivity contribution in [1.82, 2.24) is 10.6 Å². The summed E-state index contributed by atoms with van der Waals surface area (Å²) in [5.41, 5.74) is 29.8. The standard InChI is InChI=1S/C29H57N7O16/c30-5-13(40)19(42)26(46)36-11-3-9(32)23(50-27-10(33)4-12(39)15(48-27)7-35-1-2-37)25(18(11)41)52-29-22(45)24(16(8-38)49-29)51-28-17(34)21(44)20(43)14(6-31)47-28/h9-25,27-29,35,37-45H,1-8,30-34H2,(H,36,46). The second-order valence-corrected chi connectivity index (χ2v) is 13.5. The molecule has 0 spiro atoms. The summed E-state index contributed by atoms with van der Waals surface area (Å²) < 4.78 is 35.5. The van der Waals surface area contributed by atoms with E-state index < -0.39 is 141 Å². The molecule has 304 valence electrons. The van der Waals surface area contributed by atoms with E-state index in [2.05, 4.69) is 10.6 Å². The first-order valence-electron chi connectivity index (χ1n) is 17.3. The van der Waals surface area contributed by atoms with E-state index in [0.717, 1.165) is 0 Å². The number of aliphatic hydroxyl groups is 9. The van der Waals surface area contributed by atoms with Crippen molar-refractivity contribution in [2.24, 2.45) is 28.7 Å². The van der Waals surface area contributed by atoms with Gasteiger partial charge in [0.1, 0.15) is 61.0 Å². The van der Waals surface area contributed by atoms with E-state index in [1.54, 1.807) is 0 Å². The fraction of sp³-hybridized carbons (Fsp3) is 0.966. The van der Waals surface area contributed by atoms with E-state index in [1.165, 1.54) is 0 Å². The largest absolute Gasteiger partial charge is 0.395 e. The van der Waals surface area contributed by atoms with Crippen LogP contribution in [0.3, 0.4) is 0 Å². The quantitative estimate of drug-likeness (QED) is 0.0649. The third-order valence-corrected chi connectivity index (χ3v) is 9.78. The minimum absolute atomic E-state index is 0.0377. The van der Waals surface area contributed by atoms with Gasteiger partial charge < -0.3 is 114 Å². The highest BCUT2D eigenvalue weighted by atomic mass is 16.8. The summed E-state index contributed by atoms with van der Waals surface area (Å²) in [6, 6.07) is -4.48.